The zero-order valence-electron chi connectivity index (χ0n) is 12.3. The fourth-order valence-electron chi connectivity index (χ4n) is 2.93. The number of nitrogens with two attached hydrogens (primary N) is 1. The van der Waals surface area contributed by atoms with Gasteiger partial charge in [0.15, 0.2) is 0 Å². The van der Waals surface area contributed by atoms with Crippen LogP contribution in [-0.2, 0) is 13.0 Å². The Bertz CT molecular complexity index is 545. The number of aromatic nitrogens is 2. The molecule has 1 aliphatic rings. The lowest BCUT2D eigenvalue weighted by molar-refractivity contribution is 0.402. The monoisotopic (exact) mass is 282 g/mol. The first-order valence-electron chi connectivity index (χ1n) is 7.65. The smallest absolute Gasteiger partial charge is 0.147 e. The van der Waals surface area contributed by atoms with Crippen molar-refractivity contribution in [2.45, 2.75) is 25.8 Å². The maximum atomic E-state index is 5.55. The number of anilines is 1. The Hall–Kier alpha value is -1.94. The van der Waals surface area contributed by atoms with Crippen molar-refractivity contribution in [3.05, 3.63) is 54.0 Å². The Morgan fingerprint density at radius 2 is 1.81 bits per heavy atom. The van der Waals surface area contributed by atoms with Gasteiger partial charge in [-0.05, 0) is 30.7 Å². The van der Waals surface area contributed by atoms with E-state index in [0.717, 1.165) is 30.5 Å². The van der Waals surface area contributed by atoms with Gasteiger partial charge in [0.2, 0.25) is 0 Å². The van der Waals surface area contributed by atoms with Crippen LogP contribution in [0.1, 0.15) is 24.1 Å². The van der Waals surface area contributed by atoms with Gasteiger partial charge in [0.05, 0.1) is 18.1 Å². The van der Waals surface area contributed by atoms with E-state index in [1.54, 1.807) is 6.20 Å². The fraction of sp³-hybridized carbons (Fsp3) is 0.412. The van der Waals surface area contributed by atoms with E-state index >= 15 is 0 Å². The predicted octanol–water partition coefficient (Wildman–Crippen LogP) is 2.39. The van der Waals surface area contributed by atoms with Crippen molar-refractivity contribution < 1.29 is 0 Å². The van der Waals surface area contributed by atoms with Crippen molar-refractivity contribution in [3.63, 3.8) is 0 Å². The predicted molar refractivity (Wildman–Crippen MR) is 85.0 cm³/mol. The van der Waals surface area contributed by atoms with E-state index in [9.17, 15) is 0 Å². The molecular weight excluding hydrogens is 260 g/mol. The first kappa shape index (κ1) is 14.0. The van der Waals surface area contributed by atoms with Crippen molar-refractivity contribution in [1.29, 1.82) is 0 Å². The van der Waals surface area contributed by atoms with Crippen molar-refractivity contribution in [1.82, 2.24) is 9.97 Å². The molecule has 0 atom stereocenters. The highest BCUT2D eigenvalue weighted by Crippen LogP contribution is 2.24. The van der Waals surface area contributed by atoms with Crippen LogP contribution in [0.25, 0.3) is 0 Å². The molecule has 0 unspecified atom stereocenters. The lowest BCUT2D eigenvalue weighted by Gasteiger charge is -2.32. The van der Waals surface area contributed by atoms with E-state index in [1.807, 2.05) is 6.20 Å². The van der Waals surface area contributed by atoms with E-state index in [4.69, 9.17) is 5.73 Å². The molecule has 110 valence electrons. The van der Waals surface area contributed by atoms with Crippen LogP contribution < -0.4 is 10.6 Å². The van der Waals surface area contributed by atoms with Gasteiger partial charge in [0.1, 0.15) is 5.82 Å². The molecule has 2 heterocycles. The third-order valence-electron chi connectivity index (χ3n) is 4.21. The molecule has 4 heteroatoms. The van der Waals surface area contributed by atoms with E-state index in [1.165, 1.54) is 24.8 Å². The summed E-state index contributed by atoms with van der Waals surface area (Å²) in [5.74, 6) is 1.75. The van der Waals surface area contributed by atoms with Gasteiger partial charge in [-0.2, -0.15) is 0 Å². The van der Waals surface area contributed by atoms with Crippen LogP contribution >= 0.6 is 0 Å². The fourth-order valence-corrected chi connectivity index (χ4v) is 2.93. The molecule has 1 aromatic carbocycles. The van der Waals surface area contributed by atoms with Gasteiger partial charge < -0.3 is 10.6 Å². The Balaban J connectivity index is 1.54. The van der Waals surface area contributed by atoms with Crippen molar-refractivity contribution in [2.75, 3.05) is 18.0 Å². The molecule has 21 heavy (non-hydrogen) atoms. The van der Waals surface area contributed by atoms with Crippen molar-refractivity contribution in [2.24, 2.45) is 11.7 Å². The minimum atomic E-state index is 0.451. The molecule has 0 bridgehead atoms. The molecule has 0 radical (unpaired) electrons. The molecule has 1 aromatic heterocycles. The summed E-state index contributed by atoms with van der Waals surface area (Å²) in [5, 5.41) is 0. The minimum absolute atomic E-state index is 0.451. The van der Waals surface area contributed by atoms with Gasteiger partial charge >= 0.3 is 0 Å². The highest BCUT2D eigenvalue weighted by molar-refractivity contribution is 5.36. The quantitative estimate of drug-likeness (QED) is 0.935. The van der Waals surface area contributed by atoms with Gasteiger partial charge in [-0.15, -0.1) is 0 Å². The highest BCUT2D eigenvalue weighted by Gasteiger charge is 2.20. The number of hydrogen-bond acceptors (Lipinski definition) is 4. The van der Waals surface area contributed by atoms with Crippen LogP contribution in [0, 0.1) is 5.92 Å². The number of nitrogens with zero attached hydrogens (tertiary/aromatic N) is 3. The summed E-state index contributed by atoms with van der Waals surface area (Å²) in [7, 11) is 0. The second kappa shape index (κ2) is 6.68. The van der Waals surface area contributed by atoms with Crippen LogP contribution in [0.2, 0.25) is 0 Å². The zero-order valence-corrected chi connectivity index (χ0v) is 12.3. The molecule has 0 saturated carbocycles. The van der Waals surface area contributed by atoms with E-state index in [-0.39, 0.29) is 0 Å². The van der Waals surface area contributed by atoms with Crippen LogP contribution in [-0.4, -0.2) is 23.1 Å². The standard InChI is InChI=1S/C17H22N4/c18-11-16-12-20-17(13-19-16)21-8-6-15(7-9-21)10-14-4-2-1-3-5-14/h1-5,12-13,15H,6-11,18H2. The lowest BCUT2D eigenvalue weighted by atomic mass is 9.90. The molecule has 0 aliphatic carbocycles. The second-order valence-electron chi connectivity index (χ2n) is 5.69. The average molecular weight is 282 g/mol. The summed E-state index contributed by atoms with van der Waals surface area (Å²) in [6, 6.07) is 10.8. The first-order valence-corrected chi connectivity index (χ1v) is 7.65. The molecule has 0 amide bonds. The van der Waals surface area contributed by atoms with Crippen LogP contribution in [0.5, 0.6) is 0 Å². The van der Waals surface area contributed by atoms with Crippen LogP contribution in [0.3, 0.4) is 0 Å². The normalized spacial score (nSPS) is 16.1. The maximum absolute atomic E-state index is 5.55. The van der Waals surface area contributed by atoms with E-state index in [2.05, 4.69) is 45.2 Å². The molecule has 3 rings (SSSR count). The number of rotatable bonds is 4. The molecule has 2 N–H and O–H groups in total. The molecule has 1 fully saturated rings. The summed E-state index contributed by atoms with van der Waals surface area (Å²) in [4.78, 5) is 11.1. The zero-order chi connectivity index (χ0) is 14.5. The van der Waals surface area contributed by atoms with E-state index in [0.29, 0.717) is 6.54 Å². The van der Waals surface area contributed by atoms with Gasteiger partial charge in [-0.1, -0.05) is 30.3 Å². The maximum Gasteiger partial charge on any atom is 0.147 e. The van der Waals surface area contributed by atoms with E-state index < -0.39 is 0 Å². The van der Waals surface area contributed by atoms with Crippen molar-refractivity contribution >= 4 is 5.82 Å². The van der Waals surface area contributed by atoms with Gasteiger partial charge in [-0.3, -0.25) is 4.98 Å². The Morgan fingerprint density at radius 3 is 2.43 bits per heavy atom. The number of hydrogen-bond donors (Lipinski definition) is 1. The lowest BCUT2D eigenvalue weighted by Crippen LogP contribution is -2.35. The minimum Gasteiger partial charge on any atom is -0.355 e. The topological polar surface area (TPSA) is 55.0 Å². The first-order chi connectivity index (χ1) is 10.3. The average Bonchev–Trinajstić information content (AvgIpc) is 2.57. The van der Waals surface area contributed by atoms with Gasteiger partial charge in [-0.25, -0.2) is 4.98 Å². The summed E-state index contributed by atoms with van der Waals surface area (Å²) < 4.78 is 0. The Labute approximate surface area is 126 Å². The van der Waals surface area contributed by atoms with Crippen molar-refractivity contribution in [3.8, 4) is 0 Å². The van der Waals surface area contributed by atoms with Crippen LogP contribution in [0.4, 0.5) is 5.82 Å². The third kappa shape index (κ3) is 3.58. The molecule has 2 aromatic rings. The summed E-state index contributed by atoms with van der Waals surface area (Å²) >= 11 is 0. The van der Waals surface area contributed by atoms with Gasteiger partial charge in [0, 0.05) is 19.6 Å². The van der Waals surface area contributed by atoms with Crippen LogP contribution in [0.15, 0.2) is 42.7 Å². The molecule has 4 nitrogen and oxygen atoms in total. The summed E-state index contributed by atoms with van der Waals surface area (Å²) in [6.45, 7) is 2.58. The summed E-state index contributed by atoms with van der Waals surface area (Å²) in [5.41, 5.74) is 7.85. The second-order valence-corrected chi connectivity index (χ2v) is 5.69. The molecule has 1 saturated heterocycles. The molecule has 1 aliphatic heterocycles. The largest absolute Gasteiger partial charge is 0.355 e. The Kier molecular flexibility index (Phi) is 4.46. The number of piperidine rings is 1. The molecular formula is C17H22N4. The molecule has 0 spiro atoms. The summed E-state index contributed by atoms with van der Waals surface area (Å²) in [6.07, 6.45) is 7.25. The SMILES string of the molecule is NCc1cnc(N2CCC(Cc3ccccc3)CC2)cn1. The Morgan fingerprint density at radius 1 is 1.05 bits per heavy atom. The number of benzene rings is 1. The van der Waals surface area contributed by atoms with Gasteiger partial charge in [0.25, 0.3) is 0 Å². The third-order valence-corrected chi connectivity index (χ3v) is 4.21. The highest BCUT2D eigenvalue weighted by atomic mass is 15.2.